The lowest BCUT2D eigenvalue weighted by Crippen LogP contribution is -2.18. The maximum Gasteiger partial charge on any atom is 0.123 e. The van der Waals surface area contributed by atoms with Gasteiger partial charge in [0, 0.05) is 10.9 Å². The summed E-state index contributed by atoms with van der Waals surface area (Å²) in [6, 6.07) is 5.32. The van der Waals surface area contributed by atoms with E-state index in [0.29, 0.717) is 0 Å². The molecule has 0 aliphatic heterocycles. The predicted molar refractivity (Wildman–Crippen MR) is 74.1 cm³/mol. The fourth-order valence-electron chi connectivity index (χ4n) is 1.73. The van der Waals surface area contributed by atoms with Gasteiger partial charge in [0.25, 0.3) is 0 Å². The van der Waals surface area contributed by atoms with Crippen molar-refractivity contribution in [1.29, 1.82) is 0 Å². The first-order valence-electron chi connectivity index (χ1n) is 6.34. The number of unbranched alkanes of at least 4 members (excludes halogenated alkanes) is 1. The van der Waals surface area contributed by atoms with Gasteiger partial charge in [0.05, 0.1) is 0 Å². The van der Waals surface area contributed by atoms with E-state index >= 15 is 0 Å². The highest BCUT2D eigenvalue weighted by Crippen LogP contribution is 2.29. The van der Waals surface area contributed by atoms with Crippen LogP contribution in [0, 0.1) is 5.82 Å². The van der Waals surface area contributed by atoms with Gasteiger partial charge >= 0.3 is 0 Å². The Labute approximate surface area is 108 Å². The summed E-state index contributed by atoms with van der Waals surface area (Å²) >= 11 is 1.83. The van der Waals surface area contributed by atoms with Crippen molar-refractivity contribution in [3.05, 3.63) is 29.6 Å². The third kappa shape index (κ3) is 4.68. The maximum absolute atomic E-state index is 13.3. The van der Waals surface area contributed by atoms with Crippen molar-refractivity contribution >= 4 is 11.8 Å². The van der Waals surface area contributed by atoms with Crippen molar-refractivity contribution < 1.29 is 4.39 Å². The van der Waals surface area contributed by atoms with E-state index in [1.54, 1.807) is 12.1 Å². The van der Waals surface area contributed by atoms with Gasteiger partial charge in [0.15, 0.2) is 0 Å². The second-order valence-corrected chi connectivity index (χ2v) is 5.30. The van der Waals surface area contributed by atoms with E-state index in [1.807, 2.05) is 17.8 Å². The van der Waals surface area contributed by atoms with Crippen LogP contribution >= 0.6 is 11.8 Å². The Kier molecular flexibility index (Phi) is 6.60. The average Bonchev–Trinajstić information content (AvgIpc) is 2.31. The normalized spacial score (nSPS) is 12.7. The first-order chi connectivity index (χ1) is 8.19. The van der Waals surface area contributed by atoms with Crippen LogP contribution in [-0.2, 0) is 0 Å². The van der Waals surface area contributed by atoms with Crippen LogP contribution in [0.5, 0.6) is 0 Å². The second kappa shape index (κ2) is 7.72. The zero-order valence-electron chi connectivity index (χ0n) is 10.9. The van der Waals surface area contributed by atoms with Crippen LogP contribution in [0.15, 0.2) is 23.1 Å². The van der Waals surface area contributed by atoms with Gasteiger partial charge in [-0.05, 0) is 49.4 Å². The highest BCUT2D eigenvalue weighted by Gasteiger charge is 2.11. The summed E-state index contributed by atoms with van der Waals surface area (Å²) in [6.45, 7) is 7.24. The standard InChI is InChI=1S/C14H22FNS/c1-4-6-9-17-14-8-7-12(15)10-13(14)11(3)16-5-2/h7-8,10-11,16H,4-6,9H2,1-3H3. The monoisotopic (exact) mass is 255 g/mol. The number of benzene rings is 1. The van der Waals surface area contributed by atoms with Gasteiger partial charge in [-0.3, -0.25) is 0 Å². The summed E-state index contributed by atoms with van der Waals surface area (Å²) in [7, 11) is 0. The molecule has 1 atom stereocenters. The maximum atomic E-state index is 13.3. The molecule has 0 aromatic heterocycles. The smallest absolute Gasteiger partial charge is 0.123 e. The molecule has 0 bridgehead atoms. The van der Waals surface area contributed by atoms with E-state index < -0.39 is 0 Å². The van der Waals surface area contributed by atoms with Crippen LogP contribution in [0.1, 0.15) is 45.2 Å². The number of rotatable bonds is 7. The van der Waals surface area contributed by atoms with E-state index in [-0.39, 0.29) is 11.9 Å². The molecule has 0 fully saturated rings. The van der Waals surface area contributed by atoms with Crippen LogP contribution in [0.4, 0.5) is 4.39 Å². The highest BCUT2D eigenvalue weighted by molar-refractivity contribution is 7.99. The van der Waals surface area contributed by atoms with Gasteiger partial charge < -0.3 is 5.32 Å². The summed E-state index contributed by atoms with van der Waals surface area (Å²) in [5.74, 6) is 0.957. The SMILES string of the molecule is CCCCSc1ccc(F)cc1C(C)NCC. The molecule has 0 spiro atoms. The largest absolute Gasteiger partial charge is 0.310 e. The third-order valence-electron chi connectivity index (χ3n) is 2.70. The zero-order valence-corrected chi connectivity index (χ0v) is 11.7. The molecule has 1 aromatic carbocycles. The molecule has 1 nitrogen and oxygen atoms in total. The highest BCUT2D eigenvalue weighted by atomic mass is 32.2. The Balaban J connectivity index is 2.79. The lowest BCUT2D eigenvalue weighted by Gasteiger charge is -2.17. The first-order valence-corrected chi connectivity index (χ1v) is 7.33. The van der Waals surface area contributed by atoms with Crippen LogP contribution in [0.3, 0.4) is 0 Å². The van der Waals surface area contributed by atoms with Gasteiger partial charge in [-0.2, -0.15) is 0 Å². The number of hydrogen-bond acceptors (Lipinski definition) is 2. The van der Waals surface area contributed by atoms with E-state index in [9.17, 15) is 4.39 Å². The minimum absolute atomic E-state index is 0.149. The van der Waals surface area contributed by atoms with Crippen molar-refractivity contribution in [3.63, 3.8) is 0 Å². The molecular weight excluding hydrogens is 233 g/mol. The average molecular weight is 255 g/mol. The van der Waals surface area contributed by atoms with Gasteiger partial charge in [-0.1, -0.05) is 20.3 Å². The lowest BCUT2D eigenvalue weighted by molar-refractivity contribution is 0.574. The number of thioether (sulfide) groups is 1. The van der Waals surface area contributed by atoms with E-state index in [2.05, 4.69) is 26.1 Å². The van der Waals surface area contributed by atoms with E-state index in [0.717, 1.165) is 17.9 Å². The molecule has 1 N–H and O–H groups in total. The Morgan fingerprint density at radius 3 is 2.76 bits per heavy atom. The Bertz CT molecular complexity index is 341. The quantitative estimate of drug-likeness (QED) is 0.573. The van der Waals surface area contributed by atoms with E-state index in [4.69, 9.17) is 0 Å². The van der Waals surface area contributed by atoms with Gasteiger partial charge in [0.1, 0.15) is 5.82 Å². The first kappa shape index (κ1) is 14.5. The summed E-state index contributed by atoms with van der Waals surface area (Å²) in [5.41, 5.74) is 1.08. The van der Waals surface area contributed by atoms with Crippen molar-refractivity contribution in [2.75, 3.05) is 12.3 Å². The molecule has 1 unspecified atom stereocenters. The van der Waals surface area contributed by atoms with Gasteiger partial charge in [0.2, 0.25) is 0 Å². The zero-order chi connectivity index (χ0) is 12.7. The van der Waals surface area contributed by atoms with Crippen molar-refractivity contribution in [2.45, 2.75) is 44.6 Å². The topological polar surface area (TPSA) is 12.0 Å². The lowest BCUT2D eigenvalue weighted by atomic mass is 10.1. The molecular formula is C14H22FNS. The summed E-state index contributed by atoms with van der Waals surface area (Å²) < 4.78 is 13.3. The molecule has 0 saturated carbocycles. The molecule has 17 heavy (non-hydrogen) atoms. The fourth-order valence-corrected chi connectivity index (χ4v) is 2.95. The molecule has 0 aliphatic rings. The second-order valence-electron chi connectivity index (χ2n) is 4.16. The Morgan fingerprint density at radius 1 is 1.35 bits per heavy atom. The van der Waals surface area contributed by atoms with Crippen LogP contribution in [0.25, 0.3) is 0 Å². The molecule has 0 radical (unpaired) electrons. The molecule has 0 aliphatic carbocycles. The summed E-state index contributed by atoms with van der Waals surface area (Å²) in [5, 5.41) is 3.34. The van der Waals surface area contributed by atoms with Gasteiger partial charge in [-0.25, -0.2) is 4.39 Å². The summed E-state index contributed by atoms with van der Waals surface area (Å²) in [4.78, 5) is 1.20. The minimum Gasteiger partial charge on any atom is -0.310 e. The Morgan fingerprint density at radius 2 is 2.12 bits per heavy atom. The molecule has 96 valence electrons. The van der Waals surface area contributed by atoms with Gasteiger partial charge in [-0.15, -0.1) is 11.8 Å². The number of halogens is 1. The van der Waals surface area contributed by atoms with Crippen LogP contribution in [-0.4, -0.2) is 12.3 Å². The molecule has 0 saturated heterocycles. The van der Waals surface area contributed by atoms with Crippen molar-refractivity contribution in [2.24, 2.45) is 0 Å². The predicted octanol–water partition coefficient (Wildman–Crippen LogP) is 4.39. The van der Waals surface area contributed by atoms with Crippen LogP contribution < -0.4 is 5.32 Å². The van der Waals surface area contributed by atoms with E-state index in [1.165, 1.54) is 17.7 Å². The fraction of sp³-hybridized carbons (Fsp3) is 0.571. The molecule has 3 heteroatoms. The molecule has 1 aromatic rings. The van der Waals surface area contributed by atoms with Crippen LogP contribution in [0.2, 0.25) is 0 Å². The number of nitrogens with one attached hydrogen (secondary N) is 1. The minimum atomic E-state index is -0.149. The van der Waals surface area contributed by atoms with Crippen molar-refractivity contribution in [1.82, 2.24) is 5.32 Å². The summed E-state index contributed by atoms with van der Waals surface area (Å²) in [6.07, 6.45) is 2.41. The molecule has 0 heterocycles. The molecule has 1 rings (SSSR count). The Hall–Kier alpha value is -0.540. The van der Waals surface area contributed by atoms with Crippen molar-refractivity contribution in [3.8, 4) is 0 Å². The molecule has 0 amide bonds. The number of hydrogen-bond donors (Lipinski definition) is 1. The third-order valence-corrected chi connectivity index (χ3v) is 3.88.